The van der Waals surface area contributed by atoms with Crippen LogP contribution in [0.3, 0.4) is 0 Å². The summed E-state index contributed by atoms with van der Waals surface area (Å²) in [5, 5.41) is 12.8. The number of rotatable bonds is 11. The van der Waals surface area contributed by atoms with Crippen LogP contribution >= 0.6 is 11.8 Å². The lowest BCUT2D eigenvalue weighted by molar-refractivity contribution is -0.121. The van der Waals surface area contributed by atoms with Crippen LogP contribution in [-0.2, 0) is 17.8 Å². The number of para-hydroxylation sites is 1. The molecule has 0 radical (unpaired) electrons. The fourth-order valence-electron chi connectivity index (χ4n) is 3.45. The van der Waals surface area contributed by atoms with E-state index in [4.69, 9.17) is 0 Å². The molecule has 168 valence electrons. The Morgan fingerprint density at radius 2 is 1.64 bits per heavy atom. The first-order valence-corrected chi connectivity index (χ1v) is 12.1. The number of thioether (sulfide) groups is 1. The third kappa shape index (κ3) is 6.76. The maximum Gasteiger partial charge on any atom is 0.220 e. The van der Waals surface area contributed by atoms with Crippen molar-refractivity contribution in [2.24, 2.45) is 0 Å². The first-order valence-electron chi connectivity index (χ1n) is 11.1. The number of aromatic nitrogens is 4. The molecule has 1 N–H and O–H groups in total. The van der Waals surface area contributed by atoms with Crippen LogP contribution in [0.1, 0.15) is 36.3 Å². The number of benzene rings is 2. The van der Waals surface area contributed by atoms with E-state index in [1.165, 1.54) is 5.56 Å². The van der Waals surface area contributed by atoms with Crippen LogP contribution in [0.4, 0.5) is 0 Å². The second-order valence-electron chi connectivity index (χ2n) is 7.64. The van der Waals surface area contributed by atoms with Gasteiger partial charge in [-0.1, -0.05) is 66.4 Å². The number of carbonyl (C=O) groups excluding carboxylic acids is 1. The topological polar surface area (TPSA) is 72.7 Å². The Hall–Kier alpha value is -3.45. The summed E-state index contributed by atoms with van der Waals surface area (Å²) in [6, 6.07) is 26.2. The molecule has 1 amide bonds. The molecule has 0 spiro atoms. The molecule has 0 atom stereocenters. The van der Waals surface area contributed by atoms with E-state index >= 15 is 0 Å². The zero-order valence-corrected chi connectivity index (χ0v) is 19.2. The Bertz CT molecular complexity index is 1130. The van der Waals surface area contributed by atoms with E-state index in [1.807, 2.05) is 54.6 Å². The lowest BCUT2D eigenvalue weighted by Crippen LogP contribution is -2.22. The van der Waals surface area contributed by atoms with Gasteiger partial charge in [0.15, 0.2) is 5.16 Å². The van der Waals surface area contributed by atoms with Crippen molar-refractivity contribution in [2.75, 3.05) is 5.75 Å². The quantitative estimate of drug-likeness (QED) is 0.258. The van der Waals surface area contributed by atoms with Gasteiger partial charge in [0.25, 0.3) is 0 Å². The molecule has 0 aliphatic carbocycles. The molecule has 2 heterocycles. The summed E-state index contributed by atoms with van der Waals surface area (Å²) >= 11 is 1.68. The van der Waals surface area contributed by atoms with Crippen LogP contribution in [0.5, 0.6) is 0 Å². The van der Waals surface area contributed by atoms with Crippen molar-refractivity contribution >= 4 is 17.7 Å². The summed E-state index contributed by atoms with van der Waals surface area (Å²) in [6.07, 6.45) is 4.73. The second kappa shape index (κ2) is 12.0. The van der Waals surface area contributed by atoms with E-state index in [0.29, 0.717) is 13.0 Å². The van der Waals surface area contributed by atoms with E-state index < -0.39 is 0 Å². The van der Waals surface area contributed by atoms with Crippen molar-refractivity contribution in [3.63, 3.8) is 0 Å². The highest BCUT2D eigenvalue weighted by atomic mass is 32.2. The highest BCUT2D eigenvalue weighted by molar-refractivity contribution is 7.99. The van der Waals surface area contributed by atoms with E-state index in [2.05, 4.69) is 49.3 Å². The number of nitrogens with one attached hydrogen (secondary N) is 1. The Balaban J connectivity index is 1.30. The number of hydrogen-bond donors (Lipinski definition) is 1. The van der Waals surface area contributed by atoms with E-state index in [-0.39, 0.29) is 5.91 Å². The van der Waals surface area contributed by atoms with Crippen molar-refractivity contribution in [1.82, 2.24) is 25.1 Å². The molecule has 4 aromatic rings. The molecule has 2 aromatic carbocycles. The van der Waals surface area contributed by atoms with E-state index in [0.717, 1.165) is 47.4 Å². The SMILES string of the molecule is O=C(CCCCSc1nnc(Cc2ccccc2)n1-c1ccccc1)NCc1ccccn1. The van der Waals surface area contributed by atoms with Gasteiger partial charge < -0.3 is 5.32 Å². The fraction of sp³-hybridized carbons (Fsp3) is 0.231. The number of unbranched alkanes of at least 4 members (excludes halogenated alkanes) is 1. The molecule has 4 rings (SSSR count). The van der Waals surface area contributed by atoms with Crippen molar-refractivity contribution < 1.29 is 4.79 Å². The van der Waals surface area contributed by atoms with Crippen molar-refractivity contribution in [1.29, 1.82) is 0 Å². The first-order chi connectivity index (χ1) is 16.3. The third-order valence-electron chi connectivity index (χ3n) is 5.14. The maximum absolute atomic E-state index is 12.1. The Morgan fingerprint density at radius 1 is 0.879 bits per heavy atom. The van der Waals surface area contributed by atoms with Gasteiger partial charge in [0.2, 0.25) is 5.91 Å². The number of hydrogen-bond acceptors (Lipinski definition) is 5. The highest BCUT2D eigenvalue weighted by Gasteiger charge is 2.15. The Kier molecular flexibility index (Phi) is 8.25. The van der Waals surface area contributed by atoms with Gasteiger partial charge >= 0.3 is 0 Å². The van der Waals surface area contributed by atoms with Crippen LogP contribution in [0.15, 0.2) is 90.2 Å². The minimum atomic E-state index is 0.0586. The van der Waals surface area contributed by atoms with Crippen LogP contribution in [0.25, 0.3) is 5.69 Å². The van der Waals surface area contributed by atoms with Crippen LogP contribution < -0.4 is 5.32 Å². The third-order valence-corrected chi connectivity index (χ3v) is 6.16. The maximum atomic E-state index is 12.1. The minimum Gasteiger partial charge on any atom is -0.350 e. The Morgan fingerprint density at radius 3 is 2.39 bits per heavy atom. The summed E-state index contributed by atoms with van der Waals surface area (Å²) in [4.78, 5) is 16.3. The normalized spacial score (nSPS) is 10.8. The molecule has 0 fully saturated rings. The molecular formula is C26H27N5OS. The molecule has 7 heteroatoms. The summed E-state index contributed by atoms with van der Waals surface area (Å²) in [5.41, 5.74) is 3.13. The van der Waals surface area contributed by atoms with Crippen molar-refractivity contribution in [3.8, 4) is 5.69 Å². The van der Waals surface area contributed by atoms with Gasteiger partial charge in [-0.2, -0.15) is 0 Å². The molecular weight excluding hydrogens is 430 g/mol. The molecule has 0 aliphatic heterocycles. The van der Waals surface area contributed by atoms with Gasteiger partial charge in [-0.05, 0) is 42.7 Å². The summed E-state index contributed by atoms with van der Waals surface area (Å²) in [7, 11) is 0. The van der Waals surface area contributed by atoms with Gasteiger partial charge in [0.05, 0.1) is 12.2 Å². The molecule has 0 saturated heterocycles. The first kappa shape index (κ1) is 22.7. The van der Waals surface area contributed by atoms with Gasteiger partial charge in [0, 0.05) is 30.5 Å². The minimum absolute atomic E-state index is 0.0586. The molecule has 0 saturated carbocycles. The smallest absolute Gasteiger partial charge is 0.220 e. The predicted molar refractivity (Wildman–Crippen MR) is 131 cm³/mol. The number of nitrogens with zero attached hydrogens (tertiary/aromatic N) is 4. The Labute approximate surface area is 198 Å². The van der Waals surface area contributed by atoms with Crippen LogP contribution in [-0.4, -0.2) is 31.4 Å². The average molecular weight is 458 g/mol. The standard InChI is InChI=1S/C26H27N5OS/c32-25(28-20-22-13-7-9-17-27-22)16-8-10-18-33-26-30-29-24(19-21-11-3-1-4-12-21)31(26)23-14-5-2-6-15-23/h1-7,9,11-15,17H,8,10,16,18-20H2,(H,28,32). The summed E-state index contributed by atoms with van der Waals surface area (Å²) < 4.78 is 2.14. The van der Waals surface area contributed by atoms with E-state index in [9.17, 15) is 4.79 Å². The molecule has 0 unspecified atom stereocenters. The lowest BCUT2D eigenvalue weighted by Gasteiger charge is -2.10. The molecule has 33 heavy (non-hydrogen) atoms. The highest BCUT2D eigenvalue weighted by Crippen LogP contribution is 2.24. The largest absolute Gasteiger partial charge is 0.350 e. The van der Waals surface area contributed by atoms with Crippen LogP contribution in [0.2, 0.25) is 0 Å². The van der Waals surface area contributed by atoms with Gasteiger partial charge in [-0.25, -0.2) is 0 Å². The fourth-order valence-corrected chi connectivity index (χ4v) is 4.42. The second-order valence-corrected chi connectivity index (χ2v) is 8.70. The van der Waals surface area contributed by atoms with Crippen LogP contribution in [0, 0.1) is 0 Å². The molecule has 2 aromatic heterocycles. The summed E-state index contributed by atoms with van der Waals surface area (Å²) in [5.74, 6) is 1.86. The summed E-state index contributed by atoms with van der Waals surface area (Å²) in [6.45, 7) is 0.471. The van der Waals surface area contributed by atoms with E-state index in [1.54, 1.807) is 18.0 Å². The zero-order chi connectivity index (χ0) is 22.7. The van der Waals surface area contributed by atoms with Crippen molar-refractivity contribution in [3.05, 3.63) is 102 Å². The molecule has 0 aliphatic rings. The van der Waals surface area contributed by atoms with Gasteiger partial charge in [0.1, 0.15) is 5.82 Å². The molecule has 0 bridgehead atoms. The van der Waals surface area contributed by atoms with Crippen molar-refractivity contribution in [2.45, 2.75) is 37.4 Å². The monoisotopic (exact) mass is 457 g/mol. The predicted octanol–water partition coefficient (Wildman–Crippen LogP) is 4.83. The van der Waals surface area contributed by atoms with Gasteiger partial charge in [-0.3, -0.25) is 14.3 Å². The molecule has 6 nitrogen and oxygen atoms in total. The van der Waals surface area contributed by atoms with Gasteiger partial charge in [-0.15, -0.1) is 10.2 Å². The number of carbonyl (C=O) groups is 1. The number of amides is 1. The lowest BCUT2D eigenvalue weighted by atomic mass is 10.1. The average Bonchev–Trinajstić information content (AvgIpc) is 3.26. The number of pyridine rings is 1. The zero-order valence-electron chi connectivity index (χ0n) is 18.4.